The fraction of sp³-hybridized carbons (Fsp3) is 0.350. The van der Waals surface area contributed by atoms with Crippen molar-refractivity contribution in [2.24, 2.45) is 5.92 Å². The Kier molecular flexibility index (Phi) is 4.45. The average molecular weight is 407 g/mol. The molecule has 3 aromatic heterocycles. The van der Waals surface area contributed by atoms with Crippen LogP contribution in [0.3, 0.4) is 0 Å². The zero-order valence-electron chi connectivity index (χ0n) is 15.5. The van der Waals surface area contributed by atoms with Gasteiger partial charge in [-0.1, -0.05) is 6.92 Å². The number of ether oxygens (including phenoxy) is 1. The largest absolute Gasteiger partial charge is 0.417 e. The summed E-state index contributed by atoms with van der Waals surface area (Å²) < 4.78 is 60.6. The number of rotatable bonds is 2. The molecule has 4 atom stereocenters. The van der Waals surface area contributed by atoms with Crippen LogP contribution in [0.4, 0.5) is 17.6 Å². The number of fused-ring (bicyclic) bond motifs is 1. The molecular formula is C20H17F4N3O2. The van der Waals surface area contributed by atoms with Gasteiger partial charge in [0.2, 0.25) is 0 Å². The quantitative estimate of drug-likeness (QED) is 0.645. The third-order valence-corrected chi connectivity index (χ3v) is 5.72. The fourth-order valence-electron chi connectivity index (χ4n) is 3.89. The maximum atomic E-state index is 13.9. The summed E-state index contributed by atoms with van der Waals surface area (Å²) in [6, 6.07) is 5.27. The van der Waals surface area contributed by atoms with E-state index in [-0.39, 0.29) is 16.8 Å². The molecule has 0 aliphatic carbocycles. The molecule has 0 amide bonds. The molecule has 0 aromatic carbocycles. The number of aromatic nitrogens is 3. The summed E-state index contributed by atoms with van der Waals surface area (Å²) in [7, 11) is 0. The first kappa shape index (κ1) is 19.5. The lowest BCUT2D eigenvalue weighted by Gasteiger charge is -2.31. The Morgan fingerprint density at radius 2 is 1.97 bits per heavy atom. The summed E-state index contributed by atoms with van der Waals surface area (Å²) in [5.74, 6) is -2.48. The van der Waals surface area contributed by atoms with E-state index in [4.69, 9.17) is 4.74 Å². The van der Waals surface area contributed by atoms with Gasteiger partial charge in [-0.3, -0.25) is 14.8 Å². The van der Waals surface area contributed by atoms with Crippen molar-refractivity contribution in [3.8, 4) is 0 Å². The molecule has 0 saturated carbocycles. The van der Waals surface area contributed by atoms with Gasteiger partial charge >= 0.3 is 6.18 Å². The number of nitrogens with one attached hydrogen (secondary N) is 1. The Morgan fingerprint density at radius 3 is 2.62 bits per heavy atom. The van der Waals surface area contributed by atoms with Crippen LogP contribution in [0, 0.1) is 11.7 Å². The predicted octanol–water partition coefficient (Wildman–Crippen LogP) is 4.27. The maximum absolute atomic E-state index is 13.9. The highest BCUT2D eigenvalue weighted by Crippen LogP contribution is 2.57. The summed E-state index contributed by atoms with van der Waals surface area (Å²) in [6.07, 6.45) is -1.97. The second-order valence-corrected chi connectivity index (χ2v) is 7.37. The number of alkyl halides is 3. The van der Waals surface area contributed by atoms with Crippen LogP contribution >= 0.6 is 0 Å². The number of pyridine rings is 3. The van der Waals surface area contributed by atoms with Crippen LogP contribution < -0.4 is 5.43 Å². The molecule has 152 valence electrons. The Balaban J connectivity index is 1.89. The van der Waals surface area contributed by atoms with E-state index < -0.39 is 35.5 Å². The van der Waals surface area contributed by atoms with E-state index in [1.807, 2.05) is 0 Å². The van der Waals surface area contributed by atoms with E-state index in [2.05, 4.69) is 15.0 Å². The van der Waals surface area contributed by atoms with Gasteiger partial charge in [0.25, 0.3) is 0 Å². The zero-order valence-corrected chi connectivity index (χ0v) is 15.5. The number of hydrogen-bond acceptors (Lipinski definition) is 4. The van der Waals surface area contributed by atoms with Crippen molar-refractivity contribution in [3.05, 3.63) is 70.3 Å². The molecular weight excluding hydrogens is 390 g/mol. The fourth-order valence-corrected chi connectivity index (χ4v) is 3.89. The van der Waals surface area contributed by atoms with Crippen molar-refractivity contribution in [3.63, 3.8) is 0 Å². The predicted molar refractivity (Wildman–Crippen MR) is 96.7 cm³/mol. The van der Waals surface area contributed by atoms with E-state index in [1.54, 1.807) is 6.07 Å². The van der Waals surface area contributed by atoms with E-state index >= 15 is 0 Å². The van der Waals surface area contributed by atoms with Crippen LogP contribution in [0.1, 0.15) is 37.3 Å². The Morgan fingerprint density at radius 1 is 1.21 bits per heavy atom. The first-order valence-electron chi connectivity index (χ1n) is 8.95. The number of nitrogens with zero attached hydrogens (tertiary/aromatic N) is 2. The van der Waals surface area contributed by atoms with E-state index in [9.17, 15) is 22.4 Å². The molecule has 1 saturated heterocycles. The van der Waals surface area contributed by atoms with Gasteiger partial charge in [-0.15, -0.1) is 0 Å². The van der Waals surface area contributed by atoms with Gasteiger partial charge in [-0.2, -0.15) is 13.2 Å². The van der Waals surface area contributed by atoms with E-state index in [1.165, 1.54) is 31.5 Å². The molecule has 0 radical (unpaired) electrons. The van der Waals surface area contributed by atoms with Crippen molar-refractivity contribution in [2.75, 3.05) is 0 Å². The van der Waals surface area contributed by atoms with E-state index in [0.717, 1.165) is 19.2 Å². The number of halogens is 4. The number of aromatic amines is 1. The van der Waals surface area contributed by atoms with Crippen LogP contribution in [0.5, 0.6) is 0 Å². The Bertz CT molecular complexity index is 1110. The highest BCUT2D eigenvalue weighted by molar-refractivity contribution is 5.77. The second-order valence-electron chi connectivity index (χ2n) is 7.37. The van der Waals surface area contributed by atoms with Gasteiger partial charge < -0.3 is 9.72 Å². The van der Waals surface area contributed by atoms with Crippen LogP contribution in [0.25, 0.3) is 10.9 Å². The smallest absolute Gasteiger partial charge is 0.356 e. The SMILES string of the molecule is C[C@@H]1[C@H](c2ccc(F)cn2)[C@@H](c2cc(=O)c3cnccc3[nH]2)O[C@]1(C)C(F)(F)F. The van der Waals surface area contributed by atoms with Crippen molar-refractivity contribution < 1.29 is 22.3 Å². The summed E-state index contributed by atoms with van der Waals surface area (Å²) in [5.41, 5.74) is -1.96. The van der Waals surface area contributed by atoms with Gasteiger partial charge in [0, 0.05) is 41.7 Å². The molecule has 4 rings (SSSR count). The molecule has 1 aliphatic rings. The second kappa shape index (κ2) is 6.62. The minimum absolute atomic E-state index is 0.199. The van der Waals surface area contributed by atoms with Crippen molar-refractivity contribution in [2.45, 2.75) is 37.6 Å². The Hall–Kier alpha value is -2.81. The van der Waals surface area contributed by atoms with E-state index in [0.29, 0.717) is 10.9 Å². The normalized spacial score (nSPS) is 27.4. The highest BCUT2D eigenvalue weighted by atomic mass is 19.4. The lowest BCUT2D eigenvalue weighted by molar-refractivity contribution is -0.275. The third kappa shape index (κ3) is 3.09. The number of hydrogen-bond donors (Lipinski definition) is 1. The summed E-state index contributed by atoms with van der Waals surface area (Å²) in [4.78, 5) is 23.4. The zero-order chi connectivity index (χ0) is 21.0. The molecule has 3 aromatic rings. The molecule has 1 aliphatic heterocycles. The van der Waals surface area contributed by atoms with Gasteiger partial charge in [0.1, 0.15) is 11.9 Å². The molecule has 9 heteroatoms. The minimum Gasteiger partial charge on any atom is -0.356 e. The van der Waals surface area contributed by atoms with Gasteiger partial charge in [0.05, 0.1) is 17.1 Å². The van der Waals surface area contributed by atoms with Crippen LogP contribution in [0.2, 0.25) is 0 Å². The molecule has 0 bridgehead atoms. The lowest BCUT2D eigenvalue weighted by atomic mass is 9.78. The van der Waals surface area contributed by atoms with Crippen LogP contribution in [-0.2, 0) is 4.74 Å². The monoisotopic (exact) mass is 407 g/mol. The first-order chi connectivity index (χ1) is 13.6. The van der Waals surface area contributed by atoms with Gasteiger partial charge in [-0.05, 0) is 25.1 Å². The topological polar surface area (TPSA) is 67.9 Å². The van der Waals surface area contributed by atoms with Crippen molar-refractivity contribution in [1.82, 2.24) is 15.0 Å². The standard InChI is InChI=1S/C20H17F4N3O2/c1-10-17(14-4-3-11(21)8-26-14)18(29-19(10,2)20(22,23)24)15-7-16(28)12-9-25-6-5-13(12)27-15/h3-10,17-18H,1-2H3,(H,27,28)/t10-,17-,18-,19+/m1/s1. The molecule has 29 heavy (non-hydrogen) atoms. The van der Waals surface area contributed by atoms with Gasteiger partial charge in [0.15, 0.2) is 11.0 Å². The molecule has 4 heterocycles. The van der Waals surface area contributed by atoms with Crippen LogP contribution in [-0.4, -0.2) is 26.7 Å². The summed E-state index contributed by atoms with van der Waals surface area (Å²) in [6.45, 7) is 2.41. The minimum atomic E-state index is -4.65. The molecule has 0 unspecified atom stereocenters. The third-order valence-electron chi connectivity index (χ3n) is 5.72. The summed E-state index contributed by atoms with van der Waals surface area (Å²) >= 11 is 0. The maximum Gasteiger partial charge on any atom is 0.417 e. The summed E-state index contributed by atoms with van der Waals surface area (Å²) in [5, 5.41) is 0.317. The Labute approximate surface area is 162 Å². The van der Waals surface area contributed by atoms with Crippen LogP contribution in [0.15, 0.2) is 47.7 Å². The number of H-pyrrole nitrogens is 1. The molecule has 5 nitrogen and oxygen atoms in total. The first-order valence-corrected chi connectivity index (χ1v) is 8.95. The molecule has 1 fully saturated rings. The molecule has 1 N–H and O–H groups in total. The average Bonchev–Trinajstić information content (AvgIpc) is 2.95. The highest BCUT2D eigenvalue weighted by Gasteiger charge is 2.64. The molecule has 0 spiro atoms. The van der Waals surface area contributed by atoms with Gasteiger partial charge in [-0.25, -0.2) is 4.39 Å². The lowest BCUT2D eigenvalue weighted by Crippen LogP contribution is -2.46. The van der Waals surface area contributed by atoms with Crippen molar-refractivity contribution >= 4 is 10.9 Å². The van der Waals surface area contributed by atoms with Crippen molar-refractivity contribution in [1.29, 1.82) is 0 Å².